The van der Waals surface area contributed by atoms with Crippen LogP contribution in [0, 0.1) is 83.1 Å². The lowest BCUT2D eigenvalue weighted by Gasteiger charge is -2.50. The third-order valence-corrected chi connectivity index (χ3v) is 19.0. The van der Waals surface area contributed by atoms with E-state index in [9.17, 15) is 0 Å². The molecule has 78 heavy (non-hydrogen) atoms. The second-order valence-electron chi connectivity index (χ2n) is 24.5. The Morgan fingerprint density at radius 3 is 1.00 bits per heavy atom. The first kappa shape index (κ1) is 57.6. The van der Waals surface area contributed by atoms with Gasteiger partial charge in [0, 0.05) is 41.6 Å². The van der Waals surface area contributed by atoms with E-state index in [2.05, 4.69) is 308 Å². The fourth-order valence-corrected chi connectivity index (χ4v) is 15.3. The molecule has 1 fully saturated rings. The fraction of sp³-hybridized carbons (Fsp3) is 0.314. The molecule has 0 spiro atoms. The monoisotopic (exact) mass is 1220 g/mol. The second kappa shape index (κ2) is 22.4. The third kappa shape index (κ3) is 11.2. The molecule has 0 radical (unpaired) electrons. The molecule has 0 unspecified atom stereocenters. The maximum absolute atomic E-state index is 3.75. The van der Waals surface area contributed by atoms with Crippen LogP contribution in [0.1, 0.15) is 114 Å². The number of nitrogens with zero attached hydrogens (tertiary/aromatic N) is 3. The molecule has 0 aromatic heterocycles. The van der Waals surface area contributed by atoms with Gasteiger partial charge in [-0.1, -0.05) is 140 Å². The number of anilines is 6. The zero-order chi connectivity index (χ0) is 56.4. The molecule has 1 saturated heterocycles. The first-order chi connectivity index (χ1) is 36.8. The van der Waals surface area contributed by atoms with E-state index in [1.165, 1.54) is 136 Å². The van der Waals surface area contributed by atoms with Crippen LogP contribution in [0.3, 0.4) is 0 Å². The van der Waals surface area contributed by atoms with Crippen molar-refractivity contribution in [2.24, 2.45) is 0 Å². The van der Waals surface area contributed by atoms with Crippen molar-refractivity contribution >= 4 is 128 Å². The summed E-state index contributed by atoms with van der Waals surface area (Å²) in [5.41, 5.74) is 32.4. The summed E-state index contributed by atoms with van der Waals surface area (Å²) in [6.07, 6.45) is 4.06. The first-order valence-electron chi connectivity index (χ1n) is 27.9. The van der Waals surface area contributed by atoms with Crippen molar-refractivity contribution in [3.63, 3.8) is 0 Å². The van der Waals surface area contributed by atoms with Gasteiger partial charge in [-0.3, -0.25) is 4.90 Å². The Bertz CT molecular complexity index is 3310. The van der Waals surface area contributed by atoms with Gasteiger partial charge in [0.15, 0.2) is 0 Å². The summed E-state index contributed by atoms with van der Waals surface area (Å²) in [6.45, 7) is 36.4. The molecular weight excluding hydrogens is 1140 g/mol. The maximum Gasteiger partial charge on any atom is 0.247 e. The maximum atomic E-state index is 3.75. The number of hydrogen-bond donors (Lipinski definition) is 0. The molecule has 400 valence electrons. The molecule has 0 saturated carbocycles. The molecule has 0 aliphatic carbocycles. The quantitative estimate of drug-likeness (QED) is 0.159. The van der Waals surface area contributed by atoms with Gasteiger partial charge in [0.25, 0.3) is 0 Å². The standard InChI is InChI=1S/C39H39B2N.C21H18Br3N.C10H21N/c1-22-10-12-35-31(18-22)40(37-27(6)14-24(3)15-28(37)7)33-20-26(5)21-34-39(33)42(35)36-13-11-23(2)19-32(36)41(34)38-29(8)16-25(4)17-30(38)9;1-13-4-7-19(16(22)10-13)25(20-8-5-14(2)11-17(20)23)21-9-6-15(3)12-18(21)24;1-9(2)7-6-8-10(3,4)11(9)5/h10-21H,1-9H3;4-12H,1-3H3;6-8H2,1-5H3. The molecule has 8 heteroatoms. The molecule has 0 bridgehead atoms. The summed E-state index contributed by atoms with van der Waals surface area (Å²) < 4.78 is 3.19. The summed E-state index contributed by atoms with van der Waals surface area (Å²) in [6, 6.07) is 47.9. The number of benzene rings is 8. The van der Waals surface area contributed by atoms with E-state index in [1.807, 2.05) is 0 Å². The van der Waals surface area contributed by atoms with Crippen molar-refractivity contribution in [2.75, 3.05) is 16.8 Å². The normalized spacial score (nSPS) is 14.8. The largest absolute Gasteiger partial charge is 0.313 e. The number of piperidine rings is 1. The molecule has 0 N–H and O–H groups in total. The summed E-state index contributed by atoms with van der Waals surface area (Å²) in [5, 5.41) is 0. The summed E-state index contributed by atoms with van der Waals surface area (Å²) in [4.78, 5) is 7.37. The topological polar surface area (TPSA) is 9.72 Å². The van der Waals surface area contributed by atoms with Crippen molar-refractivity contribution in [1.82, 2.24) is 4.90 Å². The van der Waals surface area contributed by atoms with Crippen molar-refractivity contribution in [3.05, 3.63) is 208 Å². The van der Waals surface area contributed by atoms with E-state index in [0.29, 0.717) is 11.1 Å². The second-order valence-corrected chi connectivity index (χ2v) is 27.0. The Balaban J connectivity index is 0.000000173. The molecule has 0 amide bonds. The molecule has 3 aliphatic heterocycles. The predicted octanol–water partition coefficient (Wildman–Crippen LogP) is 16.6. The van der Waals surface area contributed by atoms with E-state index in [1.54, 1.807) is 0 Å². The summed E-state index contributed by atoms with van der Waals surface area (Å²) in [7, 11) is 2.25. The van der Waals surface area contributed by atoms with Crippen LogP contribution in [-0.2, 0) is 0 Å². The summed E-state index contributed by atoms with van der Waals surface area (Å²) >= 11 is 11.2. The van der Waals surface area contributed by atoms with Gasteiger partial charge in [0.05, 0.1) is 17.1 Å². The van der Waals surface area contributed by atoms with Crippen molar-refractivity contribution in [2.45, 2.75) is 141 Å². The zero-order valence-electron chi connectivity index (χ0n) is 49.4. The highest BCUT2D eigenvalue weighted by atomic mass is 79.9. The van der Waals surface area contributed by atoms with Gasteiger partial charge in [-0.25, -0.2) is 0 Å². The molecular formula is C70H78B2Br3N3. The zero-order valence-corrected chi connectivity index (χ0v) is 54.1. The van der Waals surface area contributed by atoms with Crippen LogP contribution in [0.2, 0.25) is 0 Å². The highest BCUT2D eigenvalue weighted by Gasteiger charge is 2.45. The lowest BCUT2D eigenvalue weighted by Crippen LogP contribution is -2.66. The minimum Gasteiger partial charge on any atom is -0.313 e. The molecule has 0 atom stereocenters. The van der Waals surface area contributed by atoms with Gasteiger partial charge in [-0.05, 0) is 272 Å². The van der Waals surface area contributed by atoms with E-state index in [0.717, 1.165) is 30.5 Å². The molecule has 8 aromatic carbocycles. The van der Waals surface area contributed by atoms with Crippen molar-refractivity contribution in [1.29, 1.82) is 0 Å². The minimum absolute atomic E-state index is 0.179. The average molecular weight is 1220 g/mol. The number of likely N-dealkylation sites (tertiary alicyclic amines) is 1. The fourth-order valence-electron chi connectivity index (χ4n) is 13.2. The van der Waals surface area contributed by atoms with Crippen LogP contribution in [-0.4, -0.2) is 36.5 Å². The summed E-state index contributed by atoms with van der Waals surface area (Å²) in [5.74, 6) is 0. The SMILES string of the molecule is CN1C(C)(C)CCCC1(C)C.Cc1cc(C)c(B2c3cc(C)ccc3N3c4ccc(C)cc4B(c4c(C)cc(C)cc4C)c4cc(C)cc2c43)c(C)c1.Cc1ccc(N(c2ccc(C)cc2Br)c2ccc(C)cc2Br)c(Br)c1. The van der Waals surface area contributed by atoms with Crippen LogP contribution in [0.25, 0.3) is 0 Å². The van der Waals surface area contributed by atoms with E-state index >= 15 is 0 Å². The Morgan fingerprint density at radius 2 is 0.679 bits per heavy atom. The van der Waals surface area contributed by atoms with E-state index in [-0.39, 0.29) is 13.4 Å². The Hall–Kier alpha value is -5.11. The highest BCUT2D eigenvalue weighted by Crippen LogP contribution is 2.46. The third-order valence-electron chi connectivity index (χ3n) is 17.1. The van der Waals surface area contributed by atoms with Crippen LogP contribution >= 0.6 is 47.8 Å². The highest BCUT2D eigenvalue weighted by molar-refractivity contribution is 9.11. The van der Waals surface area contributed by atoms with Gasteiger partial charge in [0.2, 0.25) is 13.4 Å². The van der Waals surface area contributed by atoms with Gasteiger partial charge in [-0.15, -0.1) is 0 Å². The van der Waals surface area contributed by atoms with Gasteiger partial charge in [0.1, 0.15) is 0 Å². The van der Waals surface area contributed by atoms with Crippen LogP contribution in [0.15, 0.2) is 141 Å². The number of halogens is 3. The van der Waals surface area contributed by atoms with Gasteiger partial charge < -0.3 is 9.80 Å². The van der Waals surface area contributed by atoms with Crippen LogP contribution in [0.5, 0.6) is 0 Å². The number of aryl methyl sites for hydroxylation is 12. The van der Waals surface area contributed by atoms with E-state index in [4.69, 9.17) is 0 Å². The molecule has 3 heterocycles. The van der Waals surface area contributed by atoms with Crippen molar-refractivity contribution < 1.29 is 0 Å². The lowest BCUT2D eigenvalue weighted by atomic mass is 9.29. The van der Waals surface area contributed by atoms with Crippen LogP contribution < -0.4 is 42.6 Å². The Morgan fingerprint density at radius 1 is 0.385 bits per heavy atom. The van der Waals surface area contributed by atoms with Crippen LogP contribution in [0.4, 0.5) is 34.1 Å². The smallest absolute Gasteiger partial charge is 0.247 e. The number of hydrogen-bond acceptors (Lipinski definition) is 3. The van der Waals surface area contributed by atoms with Gasteiger partial charge >= 0.3 is 0 Å². The minimum atomic E-state index is 0.179. The lowest BCUT2D eigenvalue weighted by molar-refractivity contribution is -0.00199. The molecule has 3 nitrogen and oxygen atoms in total. The number of fused-ring (bicyclic) bond motifs is 4. The number of rotatable bonds is 5. The van der Waals surface area contributed by atoms with Crippen molar-refractivity contribution in [3.8, 4) is 0 Å². The Labute approximate surface area is 494 Å². The van der Waals surface area contributed by atoms with E-state index < -0.39 is 0 Å². The Kier molecular flexibility index (Phi) is 16.6. The molecule has 3 aliphatic rings. The molecule has 8 aromatic rings. The first-order valence-corrected chi connectivity index (χ1v) is 30.3. The average Bonchev–Trinajstić information content (AvgIpc) is 3.17. The predicted molar refractivity (Wildman–Crippen MR) is 354 cm³/mol. The van der Waals surface area contributed by atoms with Gasteiger partial charge in [-0.2, -0.15) is 0 Å². The molecule has 11 rings (SSSR count).